The predicted molar refractivity (Wildman–Crippen MR) is 130 cm³/mol. The molecule has 3 aromatic heterocycles. The molecule has 0 aliphatic heterocycles. The fraction of sp³-hybridized carbons (Fsp3) is 0.304. The van der Waals surface area contributed by atoms with Gasteiger partial charge >= 0.3 is 0 Å². The first kappa shape index (κ1) is 21.7. The van der Waals surface area contributed by atoms with Crippen LogP contribution < -0.4 is 10.1 Å². The lowest BCUT2D eigenvalue weighted by atomic mass is 10.2. The summed E-state index contributed by atoms with van der Waals surface area (Å²) in [6.45, 7) is 0. The standard InChI is InChI=1S/C23H24N6O2S2/c1-31-18-10-5-4-9-17(18)28-22(19-11-6-14-32-19)26-27-23(28)33-15-21(30)25-20-12-13-24-29(20)16-7-2-3-8-16/h4-6,9-14,16H,2-3,7-8,15H2,1H3,(H,25,30). The van der Waals surface area contributed by atoms with E-state index in [9.17, 15) is 4.79 Å². The monoisotopic (exact) mass is 480 g/mol. The van der Waals surface area contributed by atoms with Gasteiger partial charge in [-0.15, -0.1) is 21.5 Å². The Kier molecular flexibility index (Phi) is 6.45. The number of anilines is 1. The number of thioether (sulfide) groups is 1. The average molecular weight is 481 g/mol. The largest absolute Gasteiger partial charge is 0.495 e. The molecule has 1 aliphatic rings. The van der Waals surface area contributed by atoms with Crippen LogP contribution in [-0.2, 0) is 4.79 Å². The molecule has 1 N–H and O–H groups in total. The Morgan fingerprint density at radius 1 is 1.18 bits per heavy atom. The third kappa shape index (κ3) is 4.53. The van der Waals surface area contributed by atoms with Crippen LogP contribution >= 0.6 is 23.1 Å². The lowest BCUT2D eigenvalue weighted by Gasteiger charge is -2.15. The van der Waals surface area contributed by atoms with Gasteiger partial charge < -0.3 is 10.1 Å². The van der Waals surface area contributed by atoms with Crippen LogP contribution in [0.2, 0.25) is 0 Å². The van der Waals surface area contributed by atoms with Crippen LogP contribution in [0.25, 0.3) is 16.4 Å². The van der Waals surface area contributed by atoms with Gasteiger partial charge in [0.05, 0.1) is 35.7 Å². The second kappa shape index (κ2) is 9.80. The Morgan fingerprint density at radius 3 is 2.82 bits per heavy atom. The van der Waals surface area contributed by atoms with Crippen molar-refractivity contribution >= 4 is 34.8 Å². The summed E-state index contributed by atoms with van der Waals surface area (Å²) < 4.78 is 9.48. The van der Waals surface area contributed by atoms with Crippen molar-refractivity contribution in [2.45, 2.75) is 36.9 Å². The van der Waals surface area contributed by atoms with Gasteiger partial charge in [0.2, 0.25) is 5.91 Å². The van der Waals surface area contributed by atoms with Crippen molar-refractivity contribution in [3.8, 4) is 22.1 Å². The molecule has 0 unspecified atom stereocenters. The zero-order valence-corrected chi connectivity index (χ0v) is 19.8. The molecule has 1 amide bonds. The van der Waals surface area contributed by atoms with Crippen molar-refractivity contribution < 1.29 is 9.53 Å². The zero-order valence-electron chi connectivity index (χ0n) is 18.2. The molecule has 170 valence electrons. The van der Waals surface area contributed by atoms with Crippen molar-refractivity contribution in [2.24, 2.45) is 0 Å². The van der Waals surface area contributed by atoms with Crippen LogP contribution in [0, 0.1) is 0 Å². The van der Waals surface area contributed by atoms with Crippen molar-refractivity contribution in [1.29, 1.82) is 0 Å². The highest BCUT2D eigenvalue weighted by molar-refractivity contribution is 7.99. The van der Waals surface area contributed by atoms with Crippen molar-refractivity contribution in [2.75, 3.05) is 18.2 Å². The van der Waals surface area contributed by atoms with E-state index in [1.807, 2.05) is 57.1 Å². The Balaban J connectivity index is 1.37. The summed E-state index contributed by atoms with van der Waals surface area (Å²) in [5, 5.41) is 18.9. The van der Waals surface area contributed by atoms with Gasteiger partial charge in [-0.1, -0.05) is 42.8 Å². The van der Waals surface area contributed by atoms with Crippen LogP contribution in [0.1, 0.15) is 31.7 Å². The minimum Gasteiger partial charge on any atom is -0.495 e. The second-order valence-electron chi connectivity index (χ2n) is 7.73. The number of hydrogen-bond donors (Lipinski definition) is 1. The number of methoxy groups -OCH3 is 1. The fourth-order valence-corrected chi connectivity index (χ4v) is 5.57. The summed E-state index contributed by atoms with van der Waals surface area (Å²) in [5.41, 5.74) is 0.829. The van der Waals surface area contributed by atoms with Crippen molar-refractivity contribution in [1.82, 2.24) is 24.5 Å². The molecule has 5 rings (SSSR count). The number of ether oxygens (including phenoxy) is 1. The first-order valence-electron chi connectivity index (χ1n) is 10.8. The minimum absolute atomic E-state index is 0.105. The van der Waals surface area contributed by atoms with E-state index in [2.05, 4.69) is 20.6 Å². The van der Waals surface area contributed by atoms with E-state index in [1.165, 1.54) is 24.6 Å². The molecule has 0 atom stereocenters. The average Bonchev–Trinajstić information content (AvgIpc) is 3.64. The summed E-state index contributed by atoms with van der Waals surface area (Å²) in [7, 11) is 1.64. The molecule has 1 saturated carbocycles. The molecular formula is C23H24N6O2S2. The maximum Gasteiger partial charge on any atom is 0.235 e. The third-order valence-corrected chi connectivity index (χ3v) is 7.44. The number of para-hydroxylation sites is 2. The lowest BCUT2D eigenvalue weighted by molar-refractivity contribution is -0.113. The first-order chi connectivity index (χ1) is 16.2. The maximum atomic E-state index is 12.8. The van der Waals surface area contributed by atoms with Crippen LogP contribution in [0.3, 0.4) is 0 Å². The summed E-state index contributed by atoms with van der Waals surface area (Å²) in [6, 6.07) is 13.9. The molecule has 10 heteroatoms. The minimum atomic E-state index is -0.105. The van der Waals surface area contributed by atoms with E-state index in [-0.39, 0.29) is 11.7 Å². The molecule has 33 heavy (non-hydrogen) atoms. The Bertz CT molecular complexity index is 1230. The normalized spacial score (nSPS) is 14.0. The zero-order chi connectivity index (χ0) is 22.6. The van der Waals surface area contributed by atoms with Gasteiger partial charge in [0, 0.05) is 6.07 Å². The SMILES string of the molecule is COc1ccccc1-n1c(SCC(=O)Nc2ccnn2C2CCCC2)nnc1-c1cccs1. The van der Waals surface area contributed by atoms with Crippen molar-refractivity contribution in [3.63, 3.8) is 0 Å². The number of rotatable bonds is 8. The Hall–Kier alpha value is -3.11. The van der Waals surface area contributed by atoms with Gasteiger partial charge in [-0.2, -0.15) is 5.10 Å². The van der Waals surface area contributed by atoms with Gasteiger partial charge in [-0.3, -0.25) is 9.36 Å². The number of hydrogen-bond acceptors (Lipinski definition) is 7. The molecular weight excluding hydrogens is 456 g/mol. The molecule has 1 aromatic carbocycles. The number of carbonyl (C=O) groups is 1. The van der Waals surface area contributed by atoms with Crippen molar-refractivity contribution in [3.05, 3.63) is 54.0 Å². The van der Waals surface area contributed by atoms with Crippen LogP contribution in [0.4, 0.5) is 5.82 Å². The van der Waals surface area contributed by atoms with E-state index < -0.39 is 0 Å². The second-order valence-corrected chi connectivity index (χ2v) is 9.62. The highest BCUT2D eigenvalue weighted by Gasteiger charge is 2.22. The molecule has 0 bridgehead atoms. The first-order valence-corrected chi connectivity index (χ1v) is 12.7. The lowest BCUT2D eigenvalue weighted by Crippen LogP contribution is -2.19. The quantitative estimate of drug-likeness (QED) is 0.355. The molecule has 8 nitrogen and oxygen atoms in total. The number of thiophene rings is 1. The Labute approximate surface area is 200 Å². The smallest absolute Gasteiger partial charge is 0.235 e. The molecule has 4 aromatic rings. The fourth-order valence-electron chi connectivity index (χ4n) is 4.12. The van der Waals surface area contributed by atoms with E-state index in [1.54, 1.807) is 24.6 Å². The predicted octanol–water partition coefficient (Wildman–Crippen LogP) is 5.05. The van der Waals surface area contributed by atoms with E-state index in [0.717, 1.165) is 35.0 Å². The number of nitrogens with one attached hydrogen (secondary N) is 1. The summed E-state index contributed by atoms with van der Waals surface area (Å²) in [5.74, 6) is 2.27. The van der Waals surface area contributed by atoms with E-state index in [4.69, 9.17) is 4.74 Å². The summed E-state index contributed by atoms with van der Waals surface area (Å²) >= 11 is 2.93. The van der Waals surface area contributed by atoms with Gasteiger partial charge in [-0.25, -0.2) is 4.68 Å². The summed E-state index contributed by atoms with van der Waals surface area (Å²) in [6.07, 6.45) is 6.37. The van der Waals surface area contributed by atoms with E-state index in [0.29, 0.717) is 16.9 Å². The van der Waals surface area contributed by atoms with Gasteiger partial charge in [-0.05, 0) is 36.4 Å². The topological polar surface area (TPSA) is 86.9 Å². The number of nitrogens with zero attached hydrogens (tertiary/aromatic N) is 5. The molecule has 3 heterocycles. The van der Waals surface area contributed by atoms with Gasteiger partial charge in [0.15, 0.2) is 11.0 Å². The highest BCUT2D eigenvalue weighted by atomic mass is 32.2. The molecule has 0 saturated heterocycles. The van der Waals surface area contributed by atoms with Crippen LogP contribution in [-0.4, -0.2) is 43.3 Å². The molecule has 0 radical (unpaired) electrons. The number of carbonyl (C=O) groups excluding carboxylic acids is 1. The van der Waals surface area contributed by atoms with E-state index >= 15 is 0 Å². The van der Waals surface area contributed by atoms with Gasteiger partial charge in [0.1, 0.15) is 11.6 Å². The molecule has 0 spiro atoms. The summed E-state index contributed by atoms with van der Waals surface area (Å²) in [4.78, 5) is 13.8. The van der Waals surface area contributed by atoms with Gasteiger partial charge in [0.25, 0.3) is 0 Å². The maximum absolute atomic E-state index is 12.8. The van der Waals surface area contributed by atoms with Crippen LogP contribution in [0.5, 0.6) is 5.75 Å². The number of aromatic nitrogens is 5. The Morgan fingerprint density at radius 2 is 2.03 bits per heavy atom. The molecule has 1 fully saturated rings. The number of benzene rings is 1. The van der Waals surface area contributed by atoms with Crippen LogP contribution in [0.15, 0.2) is 59.2 Å². The number of amides is 1. The highest BCUT2D eigenvalue weighted by Crippen LogP contribution is 2.34. The third-order valence-electron chi connectivity index (χ3n) is 5.64. The molecule has 1 aliphatic carbocycles.